The van der Waals surface area contributed by atoms with Gasteiger partial charge in [-0.15, -0.1) is 0 Å². The summed E-state index contributed by atoms with van der Waals surface area (Å²) in [5, 5.41) is 2.26. The summed E-state index contributed by atoms with van der Waals surface area (Å²) in [7, 11) is -3.67. The average Bonchev–Trinajstić information content (AvgIpc) is 2.61. The second-order valence-corrected chi connectivity index (χ2v) is 8.44. The molecule has 3 N–H and O–H groups in total. The lowest BCUT2D eigenvalue weighted by atomic mass is 9.98. The van der Waals surface area contributed by atoms with Gasteiger partial charge < -0.3 is 10.5 Å². The minimum atomic E-state index is -3.67. The zero-order valence-corrected chi connectivity index (χ0v) is 16.1. The molecule has 0 bridgehead atoms. The van der Waals surface area contributed by atoms with Crippen LogP contribution in [-0.2, 0) is 24.3 Å². The standard InChI is InChI=1S/C16H20ClN3O6S/c1-10(14(21)19-16(18)23)26-15(22)11-6-8-20(9-7-11)27(24,25)13-4-2-12(17)3-5-13/h2-5,10-11H,6-9H2,1H3,(H3,18,19,21,23). The molecule has 148 valence electrons. The molecule has 0 aliphatic carbocycles. The van der Waals surface area contributed by atoms with Gasteiger partial charge in [-0.2, -0.15) is 4.31 Å². The van der Waals surface area contributed by atoms with Gasteiger partial charge in [-0.25, -0.2) is 13.2 Å². The fraction of sp³-hybridized carbons (Fsp3) is 0.438. The van der Waals surface area contributed by atoms with Gasteiger partial charge in [-0.05, 0) is 44.0 Å². The number of rotatable bonds is 5. The molecule has 27 heavy (non-hydrogen) atoms. The highest BCUT2D eigenvalue weighted by Crippen LogP contribution is 2.25. The van der Waals surface area contributed by atoms with E-state index in [4.69, 9.17) is 22.1 Å². The van der Waals surface area contributed by atoms with Crippen molar-refractivity contribution in [3.63, 3.8) is 0 Å². The van der Waals surface area contributed by atoms with Crippen LogP contribution in [-0.4, -0.2) is 49.8 Å². The first-order valence-corrected chi connectivity index (χ1v) is 9.99. The molecular formula is C16H20ClN3O6S. The van der Waals surface area contributed by atoms with Gasteiger partial charge >= 0.3 is 12.0 Å². The zero-order valence-electron chi connectivity index (χ0n) is 14.6. The molecule has 1 aromatic rings. The van der Waals surface area contributed by atoms with Gasteiger partial charge in [0.2, 0.25) is 10.0 Å². The number of nitrogens with two attached hydrogens (primary N) is 1. The number of esters is 1. The van der Waals surface area contributed by atoms with Gasteiger partial charge in [-0.1, -0.05) is 11.6 Å². The van der Waals surface area contributed by atoms with Crippen LogP contribution in [0.3, 0.4) is 0 Å². The quantitative estimate of drug-likeness (QED) is 0.682. The summed E-state index contributed by atoms with van der Waals surface area (Å²) >= 11 is 5.78. The molecule has 1 saturated heterocycles. The molecule has 11 heteroatoms. The van der Waals surface area contributed by atoms with Crippen molar-refractivity contribution in [1.29, 1.82) is 0 Å². The maximum absolute atomic E-state index is 12.6. The van der Waals surface area contributed by atoms with Crippen LogP contribution in [0.1, 0.15) is 19.8 Å². The zero-order chi connectivity index (χ0) is 20.2. The number of carbonyl (C=O) groups is 3. The van der Waals surface area contributed by atoms with Crippen molar-refractivity contribution >= 4 is 39.5 Å². The summed E-state index contributed by atoms with van der Waals surface area (Å²) in [4.78, 5) is 34.5. The first-order valence-electron chi connectivity index (χ1n) is 8.17. The Bertz CT molecular complexity index is 819. The number of imide groups is 1. The largest absolute Gasteiger partial charge is 0.452 e. The minimum absolute atomic E-state index is 0.129. The second-order valence-electron chi connectivity index (χ2n) is 6.06. The molecule has 2 rings (SSSR count). The number of urea groups is 1. The smallest absolute Gasteiger partial charge is 0.318 e. The maximum atomic E-state index is 12.6. The lowest BCUT2D eigenvalue weighted by Gasteiger charge is -2.30. The van der Waals surface area contributed by atoms with E-state index in [0.717, 1.165) is 0 Å². The number of nitrogens with one attached hydrogen (secondary N) is 1. The summed E-state index contributed by atoms with van der Waals surface area (Å²) in [5.74, 6) is -1.98. The van der Waals surface area contributed by atoms with E-state index in [-0.39, 0.29) is 30.8 Å². The summed E-state index contributed by atoms with van der Waals surface area (Å²) < 4.78 is 31.6. The number of hydrogen-bond donors (Lipinski definition) is 2. The molecule has 1 unspecified atom stereocenters. The highest BCUT2D eigenvalue weighted by Gasteiger charge is 2.34. The number of nitrogens with zero attached hydrogens (tertiary/aromatic N) is 1. The van der Waals surface area contributed by atoms with Crippen LogP contribution in [0.4, 0.5) is 4.79 Å². The van der Waals surface area contributed by atoms with Gasteiger partial charge in [0.15, 0.2) is 6.10 Å². The Morgan fingerprint density at radius 3 is 2.30 bits per heavy atom. The van der Waals surface area contributed by atoms with Crippen molar-refractivity contribution in [2.75, 3.05) is 13.1 Å². The maximum Gasteiger partial charge on any atom is 0.318 e. The molecule has 1 aromatic carbocycles. The number of hydrogen-bond acceptors (Lipinski definition) is 6. The number of piperidine rings is 1. The molecule has 1 atom stereocenters. The van der Waals surface area contributed by atoms with Gasteiger partial charge in [0.1, 0.15) is 0 Å². The summed E-state index contributed by atoms with van der Waals surface area (Å²) in [6.45, 7) is 1.61. The highest BCUT2D eigenvalue weighted by atomic mass is 35.5. The third-order valence-electron chi connectivity index (χ3n) is 4.15. The lowest BCUT2D eigenvalue weighted by molar-refractivity contribution is -0.159. The summed E-state index contributed by atoms with van der Waals surface area (Å²) in [5.41, 5.74) is 4.84. The fourth-order valence-electron chi connectivity index (χ4n) is 2.63. The first-order chi connectivity index (χ1) is 12.6. The van der Waals surface area contributed by atoms with Crippen LogP contribution in [0.15, 0.2) is 29.2 Å². The Morgan fingerprint density at radius 2 is 1.78 bits per heavy atom. The molecule has 9 nitrogen and oxygen atoms in total. The van der Waals surface area contributed by atoms with Crippen molar-refractivity contribution in [3.05, 3.63) is 29.3 Å². The van der Waals surface area contributed by atoms with Crippen molar-refractivity contribution in [2.24, 2.45) is 11.7 Å². The van der Waals surface area contributed by atoms with Crippen molar-refractivity contribution in [1.82, 2.24) is 9.62 Å². The Hall–Kier alpha value is -2.17. The SMILES string of the molecule is CC(OC(=O)C1CCN(S(=O)(=O)c2ccc(Cl)cc2)CC1)C(=O)NC(N)=O. The molecule has 0 aromatic heterocycles. The van der Waals surface area contributed by atoms with Gasteiger partial charge in [-0.3, -0.25) is 14.9 Å². The van der Waals surface area contributed by atoms with E-state index < -0.39 is 40.0 Å². The van der Waals surface area contributed by atoms with E-state index in [1.807, 2.05) is 5.32 Å². The number of carbonyl (C=O) groups excluding carboxylic acids is 3. The molecule has 1 fully saturated rings. The fourth-order valence-corrected chi connectivity index (χ4v) is 4.23. The topological polar surface area (TPSA) is 136 Å². The Balaban J connectivity index is 1.92. The third kappa shape index (κ3) is 5.41. The number of ether oxygens (including phenoxy) is 1. The molecule has 0 radical (unpaired) electrons. The first kappa shape index (κ1) is 21.1. The number of amides is 3. The number of primary amides is 1. The van der Waals surface area contributed by atoms with Crippen LogP contribution in [0.5, 0.6) is 0 Å². The molecule has 1 aliphatic heterocycles. The van der Waals surface area contributed by atoms with Crippen LogP contribution in [0.2, 0.25) is 5.02 Å². The van der Waals surface area contributed by atoms with Crippen LogP contribution in [0.25, 0.3) is 0 Å². The Kier molecular flexibility index (Phi) is 6.79. The monoisotopic (exact) mass is 417 g/mol. The predicted octanol–water partition coefficient (Wildman–Crippen LogP) is 0.867. The number of sulfonamides is 1. The Labute approximate surface area is 161 Å². The van der Waals surface area contributed by atoms with Crippen LogP contribution < -0.4 is 11.1 Å². The van der Waals surface area contributed by atoms with Crippen LogP contribution >= 0.6 is 11.6 Å². The number of benzene rings is 1. The van der Waals surface area contributed by atoms with E-state index in [9.17, 15) is 22.8 Å². The molecule has 1 aliphatic rings. The summed E-state index contributed by atoms with van der Waals surface area (Å²) in [6, 6.07) is 4.81. The second kappa shape index (κ2) is 8.68. The van der Waals surface area contributed by atoms with Crippen molar-refractivity contribution < 1.29 is 27.5 Å². The van der Waals surface area contributed by atoms with Crippen molar-refractivity contribution in [2.45, 2.75) is 30.8 Å². The van der Waals surface area contributed by atoms with E-state index in [1.165, 1.54) is 35.5 Å². The normalized spacial score (nSPS) is 17.1. The molecule has 3 amide bonds. The highest BCUT2D eigenvalue weighted by molar-refractivity contribution is 7.89. The average molecular weight is 418 g/mol. The molecule has 0 spiro atoms. The van der Waals surface area contributed by atoms with Gasteiger partial charge in [0.05, 0.1) is 10.8 Å². The van der Waals surface area contributed by atoms with Crippen molar-refractivity contribution in [3.8, 4) is 0 Å². The molecule has 0 saturated carbocycles. The minimum Gasteiger partial charge on any atom is -0.452 e. The van der Waals surface area contributed by atoms with E-state index >= 15 is 0 Å². The molecular weight excluding hydrogens is 398 g/mol. The van der Waals surface area contributed by atoms with E-state index in [2.05, 4.69) is 0 Å². The van der Waals surface area contributed by atoms with Gasteiger partial charge in [0, 0.05) is 18.1 Å². The number of halogens is 1. The summed E-state index contributed by atoms with van der Waals surface area (Å²) in [6.07, 6.45) is -0.660. The van der Waals surface area contributed by atoms with E-state index in [1.54, 1.807) is 0 Å². The van der Waals surface area contributed by atoms with E-state index in [0.29, 0.717) is 5.02 Å². The van der Waals surface area contributed by atoms with Crippen LogP contribution in [0, 0.1) is 5.92 Å². The third-order valence-corrected chi connectivity index (χ3v) is 6.31. The predicted molar refractivity (Wildman–Crippen MR) is 96.2 cm³/mol. The molecule has 1 heterocycles. The van der Waals surface area contributed by atoms with Gasteiger partial charge in [0.25, 0.3) is 5.91 Å². The Morgan fingerprint density at radius 1 is 1.22 bits per heavy atom. The lowest BCUT2D eigenvalue weighted by Crippen LogP contribution is -2.44.